The Kier molecular flexibility index (Phi) is 4.10. The van der Waals surface area contributed by atoms with Crippen LogP contribution in [-0.2, 0) is 9.47 Å². The molecule has 1 heterocycles. The van der Waals surface area contributed by atoms with Crippen LogP contribution < -0.4 is 0 Å². The molecular weight excluding hydrogens is 324 g/mol. The Balaban J connectivity index is 1.52. The molecule has 3 heteroatoms. The van der Waals surface area contributed by atoms with Crippen LogP contribution in [0.2, 0.25) is 0 Å². The van der Waals surface area contributed by atoms with E-state index in [1.807, 2.05) is 0 Å². The summed E-state index contributed by atoms with van der Waals surface area (Å²) >= 11 is 0. The van der Waals surface area contributed by atoms with E-state index in [0.717, 1.165) is 43.8 Å². The smallest absolute Gasteiger partial charge is 0.174 e. The van der Waals surface area contributed by atoms with Gasteiger partial charge >= 0.3 is 0 Å². The van der Waals surface area contributed by atoms with E-state index >= 15 is 0 Å². The summed E-state index contributed by atoms with van der Waals surface area (Å²) in [6, 6.07) is 0. The Morgan fingerprint density at radius 1 is 1.00 bits per heavy atom. The van der Waals surface area contributed by atoms with Gasteiger partial charge in [0.05, 0.1) is 13.2 Å². The van der Waals surface area contributed by atoms with Crippen molar-refractivity contribution in [3.8, 4) is 0 Å². The summed E-state index contributed by atoms with van der Waals surface area (Å²) in [4.78, 5) is 0. The molecule has 3 nitrogen and oxygen atoms in total. The van der Waals surface area contributed by atoms with Crippen molar-refractivity contribution in [3.63, 3.8) is 0 Å². The molecule has 5 aliphatic rings. The van der Waals surface area contributed by atoms with Gasteiger partial charge in [-0.3, -0.25) is 0 Å². The highest BCUT2D eigenvalue weighted by Crippen LogP contribution is 2.71. The molecule has 5 rings (SSSR count). The third kappa shape index (κ3) is 2.17. The fourth-order valence-corrected chi connectivity index (χ4v) is 8.93. The largest absolute Gasteiger partial charge is 0.396 e. The molecule has 26 heavy (non-hydrogen) atoms. The molecule has 0 unspecified atom stereocenters. The highest BCUT2D eigenvalue weighted by Gasteiger charge is 2.69. The monoisotopic (exact) mass is 362 g/mol. The molecule has 148 valence electrons. The van der Waals surface area contributed by atoms with Crippen LogP contribution in [0.4, 0.5) is 0 Å². The Labute approximate surface area is 159 Å². The molecule has 1 saturated heterocycles. The van der Waals surface area contributed by atoms with Gasteiger partial charge in [0, 0.05) is 18.4 Å². The summed E-state index contributed by atoms with van der Waals surface area (Å²) in [7, 11) is 0. The number of hydrogen-bond acceptors (Lipinski definition) is 3. The van der Waals surface area contributed by atoms with Crippen LogP contribution in [0.15, 0.2) is 0 Å². The summed E-state index contributed by atoms with van der Waals surface area (Å²) in [6.07, 6.45) is 10.3. The van der Waals surface area contributed by atoms with Crippen LogP contribution in [0.25, 0.3) is 0 Å². The Bertz CT molecular complexity index is 556. The summed E-state index contributed by atoms with van der Waals surface area (Å²) in [6.45, 7) is 9.32. The van der Waals surface area contributed by atoms with Gasteiger partial charge in [0.1, 0.15) is 0 Å². The second-order valence-electron chi connectivity index (χ2n) is 11.0. The van der Waals surface area contributed by atoms with Gasteiger partial charge in [-0.1, -0.05) is 27.2 Å². The second kappa shape index (κ2) is 5.94. The van der Waals surface area contributed by atoms with Crippen LogP contribution in [-0.4, -0.2) is 30.7 Å². The van der Waals surface area contributed by atoms with E-state index < -0.39 is 0 Å². The van der Waals surface area contributed by atoms with Gasteiger partial charge in [-0.2, -0.15) is 0 Å². The van der Waals surface area contributed by atoms with E-state index in [4.69, 9.17) is 9.47 Å². The predicted molar refractivity (Wildman–Crippen MR) is 101 cm³/mol. The zero-order valence-corrected chi connectivity index (χ0v) is 17.0. The fraction of sp³-hybridized carbons (Fsp3) is 1.00. The normalized spacial score (nSPS) is 55.4. The molecule has 0 aromatic rings. The maximum absolute atomic E-state index is 10.5. The molecule has 1 aliphatic heterocycles. The van der Waals surface area contributed by atoms with Crippen LogP contribution in [0, 0.1) is 46.3 Å². The van der Waals surface area contributed by atoms with Gasteiger partial charge in [-0.15, -0.1) is 0 Å². The Morgan fingerprint density at radius 2 is 1.77 bits per heavy atom. The second-order valence-corrected chi connectivity index (χ2v) is 11.0. The molecule has 1 N–H and O–H groups in total. The topological polar surface area (TPSA) is 38.7 Å². The van der Waals surface area contributed by atoms with E-state index in [1.165, 1.54) is 38.5 Å². The van der Waals surface area contributed by atoms with Crippen molar-refractivity contribution in [3.05, 3.63) is 0 Å². The lowest BCUT2D eigenvalue weighted by Crippen LogP contribution is -2.60. The van der Waals surface area contributed by atoms with Crippen molar-refractivity contribution in [2.24, 2.45) is 46.3 Å². The van der Waals surface area contributed by atoms with Gasteiger partial charge in [0.2, 0.25) is 0 Å². The van der Waals surface area contributed by atoms with Crippen LogP contribution in [0.5, 0.6) is 0 Å². The summed E-state index contributed by atoms with van der Waals surface area (Å²) < 4.78 is 12.6. The van der Waals surface area contributed by atoms with Crippen molar-refractivity contribution < 1.29 is 14.6 Å². The van der Waals surface area contributed by atoms with Crippen molar-refractivity contribution in [1.82, 2.24) is 0 Å². The lowest BCUT2D eigenvalue weighted by molar-refractivity contribution is -0.259. The Morgan fingerprint density at radius 3 is 2.50 bits per heavy atom. The van der Waals surface area contributed by atoms with Gasteiger partial charge in [-0.05, 0) is 79.4 Å². The van der Waals surface area contributed by atoms with E-state index in [9.17, 15) is 5.11 Å². The molecule has 4 aliphatic carbocycles. The molecule has 0 radical (unpaired) electrons. The van der Waals surface area contributed by atoms with Crippen LogP contribution in [0.1, 0.15) is 72.1 Å². The molecular formula is C23H38O3. The van der Waals surface area contributed by atoms with E-state index in [-0.39, 0.29) is 11.2 Å². The first-order chi connectivity index (χ1) is 12.4. The van der Waals surface area contributed by atoms with Gasteiger partial charge < -0.3 is 14.6 Å². The van der Waals surface area contributed by atoms with Gasteiger partial charge in [0.15, 0.2) is 5.79 Å². The van der Waals surface area contributed by atoms with Crippen molar-refractivity contribution in [1.29, 1.82) is 0 Å². The molecule has 4 saturated carbocycles. The number of aliphatic hydroxyl groups is 1. The average molecular weight is 363 g/mol. The molecule has 0 aromatic heterocycles. The van der Waals surface area contributed by atoms with Gasteiger partial charge in [-0.25, -0.2) is 0 Å². The minimum atomic E-state index is -0.352. The van der Waals surface area contributed by atoms with E-state index in [1.54, 1.807) is 0 Å². The molecule has 5 fully saturated rings. The zero-order chi connectivity index (χ0) is 18.2. The number of fused-ring (bicyclic) bond motifs is 6. The maximum Gasteiger partial charge on any atom is 0.174 e. The first kappa shape index (κ1) is 17.9. The van der Waals surface area contributed by atoms with Crippen LogP contribution >= 0.6 is 0 Å². The lowest BCUT2D eigenvalue weighted by Gasteiger charge is -2.64. The van der Waals surface area contributed by atoms with Crippen molar-refractivity contribution in [2.75, 3.05) is 19.8 Å². The lowest BCUT2D eigenvalue weighted by atomic mass is 9.42. The first-order valence-electron chi connectivity index (χ1n) is 11.3. The third-order valence-corrected chi connectivity index (χ3v) is 10.0. The molecule has 1 spiro atoms. The predicted octanol–water partition coefficient (Wildman–Crippen LogP) is 4.63. The first-order valence-corrected chi connectivity index (χ1v) is 11.3. The Hall–Kier alpha value is -0.120. The summed E-state index contributed by atoms with van der Waals surface area (Å²) in [5.41, 5.74) is 0.528. The fourth-order valence-electron chi connectivity index (χ4n) is 8.93. The molecule has 8 atom stereocenters. The van der Waals surface area contributed by atoms with Crippen molar-refractivity contribution in [2.45, 2.75) is 77.9 Å². The highest BCUT2D eigenvalue weighted by atomic mass is 16.7. The minimum absolute atomic E-state index is 0.0865. The average Bonchev–Trinajstić information content (AvgIpc) is 3.21. The maximum atomic E-state index is 10.5. The summed E-state index contributed by atoms with van der Waals surface area (Å²) in [5.74, 6) is 4.01. The number of hydrogen-bond donors (Lipinski definition) is 1. The summed E-state index contributed by atoms with van der Waals surface area (Å²) in [5, 5.41) is 10.5. The minimum Gasteiger partial charge on any atom is -0.396 e. The van der Waals surface area contributed by atoms with Crippen molar-refractivity contribution >= 4 is 0 Å². The van der Waals surface area contributed by atoms with E-state index in [0.29, 0.717) is 29.8 Å². The third-order valence-electron chi connectivity index (χ3n) is 10.0. The highest BCUT2D eigenvalue weighted by molar-refractivity contribution is 5.14. The number of ether oxygens (including phenoxy) is 2. The molecule has 0 aromatic carbocycles. The standard InChI is InChI=1S/C23H38O3/c1-15-6-8-21(2)17(12-15)4-5-18-19-7-9-23(25-10-11-26-23)22(19,3)13-16(14-24)20(18)21/h15-20,24H,4-14H2,1-3H3/t15-,16-,17+,18+,19+,20+,21+,22+/m1/s1. The van der Waals surface area contributed by atoms with Gasteiger partial charge in [0.25, 0.3) is 0 Å². The van der Waals surface area contributed by atoms with E-state index in [2.05, 4.69) is 20.8 Å². The zero-order valence-electron chi connectivity index (χ0n) is 17.0. The molecule has 0 amide bonds. The number of aliphatic hydroxyl groups excluding tert-OH is 1. The SMILES string of the molecule is C[C@@H]1CC[C@@]2(C)[C@@H](CC[C@@H]3[C@@H]2[C@@H](CO)C[C@@]2(C)[C@H]3CCC23OCCO3)C1. The van der Waals surface area contributed by atoms with Crippen LogP contribution in [0.3, 0.4) is 0 Å². The number of rotatable bonds is 1. The molecule has 0 bridgehead atoms. The quantitative estimate of drug-likeness (QED) is 0.739.